The summed E-state index contributed by atoms with van der Waals surface area (Å²) in [5, 5.41) is 4.65. The van der Waals surface area contributed by atoms with Gasteiger partial charge in [-0.15, -0.1) is 0 Å². The zero-order valence-electron chi connectivity index (χ0n) is 10.7. The van der Waals surface area contributed by atoms with E-state index in [0.29, 0.717) is 5.15 Å². The van der Waals surface area contributed by atoms with E-state index in [1.807, 2.05) is 27.7 Å². The van der Waals surface area contributed by atoms with Crippen LogP contribution in [0.25, 0.3) is 6.08 Å². The molecule has 0 saturated heterocycles. The van der Waals surface area contributed by atoms with Gasteiger partial charge in [0.1, 0.15) is 10.8 Å². The van der Waals surface area contributed by atoms with Gasteiger partial charge in [0.2, 0.25) is 0 Å². The molecule has 0 fully saturated rings. The normalized spacial score (nSPS) is 12.1. The van der Waals surface area contributed by atoms with Crippen LogP contribution in [0.4, 0.5) is 0 Å². The molecule has 1 aromatic heterocycles. The number of hydrogen-bond acceptors (Lipinski definition) is 3. The van der Waals surface area contributed by atoms with Gasteiger partial charge in [0.05, 0.1) is 5.69 Å². The number of ether oxygens (including phenoxy) is 1. The number of nitrogens with zero attached hydrogens (tertiary/aromatic N) is 2. The van der Waals surface area contributed by atoms with E-state index in [2.05, 4.69) is 5.10 Å². The number of carbonyl (C=O) groups is 1. The molecule has 4 nitrogen and oxygen atoms in total. The first-order valence-electron chi connectivity index (χ1n) is 5.31. The van der Waals surface area contributed by atoms with Crippen molar-refractivity contribution in [2.45, 2.75) is 33.3 Å². The molecular formula is C12H17ClN2O2. The molecule has 0 bridgehead atoms. The summed E-state index contributed by atoms with van der Waals surface area (Å²) in [7, 11) is 1.75. The Hall–Kier alpha value is -1.29. The predicted octanol–water partition coefficient (Wildman–Crippen LogP) is 2.74. The molecule has 17 heavy (non-hydrogen) atoms. The number of aromatic nitrogens is 2. The zero-order valence-corrected chi connectivity index (χ0v) is 11.5. The smallest absolute Gasteiger partial charge is 0.331 e. The molecule has 94 valence electrons. The quantitative estimate of drug-likeness (QED) is 0.604. The average Bonchev–Trinajstić information content (AvgIpc) is 2.36. The van der Waals surface area contributed by atoms with Crippen LogP contribution in [0, 0.1) is 6.92 Å². The maximum atomic E-state index is 11.5. The largest absolute Gasteiger partial charge is 0.457 e. The second-order valence-electron chi connectivity index (χ2n) is 4.78. The fourth-order valence-electron chi connectivity index (χ4n) is 1.32. The van der Waals surface area contributed by atoms with Crippen LogP contribution in [0.2, 0.25) is 5.15 Å². The Morgan fingerprint density at radius 3 is 2.47 bits per heavy atom. The second-order valence-corrected chi connectivity index (χ2v) is 5.14. The highest BCUT2D eigenvalue weighted by Crippen LogP contribution is 2.20. The summed E-state index contributed by atoms with van der Waals surface area (Å²) in [4.78, 5) is 11.5. The van der Waals surface area contributed by atoms with Crippen LogP contribution in [0.1, 0.15) is 32.0 Å². The maximum absolute atomic E-state index is 11.5. The Morgan fingerprint density at radius 1 is 1.47 bits per heavy atom. The molecule has 0 N–H and O–H groups in total. The number of halogens is 1. The predicted molar refractivity (Wildman–Crippen MR) is 67.8 cm³/mol. The molecule has 0 amide bonds. The van der Waals surface area contributed by atoms with Gasteiger partial charge in [0, 0.05) is 18.7 Å². The second kappa shape index (κ2) is 4.92. The molecule has 0 aliphatic rings. The van der Waals surface area contributed by atoms with Crippen LogP contribution < -0.4 is 0 Å². The summed E-state index contributed by atoms with van der Waals surface area (Å²) in [6.45, 7) is 7.30. The lowest BCUT2D eigenvalue weighted by molar-refractivity contribution is -0.148. The minimum absolute atomic E-state index is 0.392. The molecule has 5 heteroatoms. The van der Waals surface area contributed by atoms with E-state index in [1.165, 1.54) is 6.08 Å². The molecule has 0 radical (unpaired) electrons. The highest BCUT2D eigenvalue weighted by Gasteiger charge is 2.14. The molecule has 0 aliphatic heterocycles. The van der Waals surface area contributed by atoms with E-state index >= 15 is 0 Å². The summed E-state index contributed by atoms with van der Waals surface area (Å²) in [6, 6.07) is 0. The SMILES string of the molecule is Cc1nn(C)c(Cl)c1/C=C/C(=O)OC(C)(C)C. The molecule has 0 saturated carbocycles. The highest BCUT2D eigenvalue weighted by molar-refractivity contribution is 6.31. The first-order valence-corrected chi connectivity index (χ1v) is 5.68. The van der Waals surface area contributed by atoms with Crippen molar-refractivity contribution >= 4 is 23.6 Å². The van der Waals surface area contributed by atoms with Crippen molar-refractivity contribution < 1.29 is 9.53 Å². The number of aryl methyl sites for hydroxylation is 2. The van der Waals surface area contributed by atoms with E-state index in [4.69, 9.17) is 16.3 Å². The Kier molecular flexibility index (Phi) is 3.98. The lowest BCUT2D eigenvalue weighted by Gasteiger charge is -2.17. The van der Waals surface area contributed by atoms with Crippen molar-refractivity contribution in [3.8, 4) is 0 Å². The molecule has 1 aromatic rings. The van der Waals surface area contributed by atoms with E-state index < -0.39 is 11.6 Å². The van der Waals surface area contributed by atoms with Gasteiger partial charge in [-0.05, 0) is 33.8 Å². The van der Waals surface area contributed by atoms with Gasteiger partial charge in [-0.3, -0.25) is 4.68 Å². The first kappa shape index (κ1) is 13.8. The third-order valence-corrected chi connectivity index (χ3v) is 2.44. The number of carbonyl (C=O) groups excluding carboxylic acids is 1. The fraction of sp³-hybridized carbons (Fsp3) is 0.500. The van der Waals surface area contributed by atoms with Crippen molar-refractivity contribution in [3.63, 3.8) is 0 Å². The van der Waals surface area contributed by atoms with Crippen LogP contribution >= 0.6 is 11.6 Å². The third kappa shape index (κ3) is 3.89. The maximum Gasteiger partial charge on any atom is 0.331 e. The summed E-state index contributed by atoms with van der Waals surface area (Å²) >= 11 is 6.03. The van der Waals surface area contributed by atoms with Crippen LogP contribution in [0.15, 0.2) is 6.08 Å². The minimum Gasteiger partial charge on any atom is -0.457 e. The van der Waals surface area contributed by atoms with Gasteiger partial charge >= 0.3 is 5.97 Å². The van der Waals surface area contributed by atoms with E-state index in [1.54, 1.807) is 17.8 Å². The lowest BCUT2D eigenvalue weighted by Crippen LogP contribution is -2.22. The molecule has 0 aromatic carbocycles. The van der Waals surface area contributed by atoms with Crippen LogP contribution in [-0.2, 0) is 16.6 Å². The first-order chi connectivity index (χ1) is 7.70. The van der Waals surface area contributed by atoms with Crippen molar-refractivity contribution in [2.75, 3.05) is 0 Å². The number of hydrogen-bond donors (Lipinski definition) is 0. The molecule has 0 atom stereocenters. The van der Waals surface area contributed by atoms with Crippen LogP contribution in [-0.4, -0.2) is 21.4 Å². The van der Waals surface area contributed by atoms with Gasteiger partial charge in [-0.25, -0.2) is 4.79 Å². The molecule has 0 spiro atoms. The summed E-state index contributed by atoms with van der Waals surface area (Å²) < 4.78 is 6.71. The van der Waals surface area contributed by atoms with E-state index in [-0.39, 0.29) is 0 Å². The Labute approximate surface area is 106 Å². The van der Waals surface area contributed by atoms with Gasteiger partial charge in [0.25, 0.3) is 0 Å². The molecule has 1 rings (SSSR count). The summed E-state index contributed by atoms with van der Waals surface area (Å²) in [6.07, 6.45) is 2.99. The van der Waals surface area contributed by atoms with Crippen LogP contribution in [0.5, 0.6) is 0 Å². The third-order valence-electron chi connectivity index (χ3n) is 1.99. The van der Waals surface area contributed by atoms with Gasteiger partial charge < -0.3 is 4.74 Å². The number of rotatable bonds is 2. The Morgan fingerprint density at radius 2 is 2.06 bits per heavy atom. The fourth-order valence-corrected chi connectivity index (χ4v) is 1.56. The van der Waals surface area contributed by atoms with Crippen molar-refractivity contribution in [3.05, 3.63) is 22.5 Å². The standard InChI is InChI=1S/C12H17ClN2O2/c1-8-9(11(13)15(5)14-8)6-7-10(16)17-12(2,3)4/h6-7H,1-5H3/b7-6+. The topological polar surface area (TPSA) is 44.1 Å². The van der Waals surface area contributed by atoms with Gasteiger partial charge in [0.15, 0.2) is 0 Å². The highest BCUT2D eigenvalue weighted by atomic mass is 35.5. The summed E-state index contributed by atoms with van der Waals surface area (Å²) in [5.41, 5.74) is 1.02. The van der Waals surface area contributed by atoms with Crippen molar-refractivity contribution in [1.29, 1.82) is 0 Å². The van der Waals surface area contributed by atoms with Gasteiger partial charge in [-0.2, -0.15) is 5.10 Å². The number of esters is 1. The average molecular weight is 257 g/mol. The molecule has 0 unspecified atom stereocenters. The van der Waals surface area contributed by atoms with Crippen LogP contribution in [0.3, 0.4) is 0 Å². The Balaban J connectivity index is 2.81. The van der Waals surface area contributed by atoms with E-state index in [0.717, 1.165) is 11.3 Å². The van der Waals surface area contributed by atoms with Crippen molar-refractivity contribution in [2.24, 2.45) is 7.05 Å². The van der Waals surface area contributed by atoms with Crippen molar-refractivity contribution in [1.82, 2.24) is 9.78 Å². The molecular weight excluding hydrogens is 240 g/mol. The molecule has 1 heterocycles. The monoisotopic (exact) mass is 256 g/mol. The minimum atomic E-state index is -0.491. The lowest BCUT2D eigenvalue weighted by atomic mass is 10.2. The summed E-state index contributed by atoms with van der Waals surface area (Å²) in [5.74, 6) is -0.392. The molecule has 0 aliphatic carbocycles. The van der Waals surface area contributed by atoms with Gasteiger partial charge in [-0.1, -0.05) is 11.6 Å². The zero-order chi connectivity index (χ0) is 13.2. The van der Waals surface area contributed by atoms with E-state index in [9.17, 15) is 4.79 Å². The Bertz CT molecular complexity index is 456.